The molecule has 208 valence electrons. The highest BCUT2D eigenvalue weighted by molar-refractivity contribution is 6.24. The number of hydrogen-bond donors (Lipinski definition) is 0. The summed E-state index contributed by atoms with van der Waals surface area (Å²) >= 11 is 0. The Hall–Kier alpha value is -4.65. The van der Waals surface area contributed by atoms with Crippen LogP contribution in [-0.4, -0.2) is 38.4 Å². The van der Waals surface area contributed by atoms with Crippen LogP contribution in [0.25, 0.3) is 5.57 Å². The van der Waals surface area contributed by atoms with E-state index in [4.69, 9.17) is 14.2 Å². The number of imide groups is 1. The average Bonchev–Trinajstić information content (AvgIpc) is 3.63. The van der Waals surface area contributed by atoms with Crippen molar-refractivity contribution in [2.45, 2.75) is 13.8 Å². The van der Waals surface area contributed by atoms with Crippen molar-refractivity contribution in [3.8, 4) is 17.2 Å². The van der Waals surface area contributed by atoms with Gasteiger partial charge in [-0.2, -0.15) is 0 Å². The molecule has 1 aliphatic heterocycles. The molecular formula is C34H31NO6. The topological polar surface area (TPSA) is 82.1 Å². The largest absolute Gasteiger partial charge is 0.497 e. The van der Waals surface area contributed by atoms with E-state index in [1.165, 1.54) is 11.8 Å². The van der Waals surface area contributed by atoms with Gasteiger partial charge in [-0.3, -0.25) is 14.4 Å². The van der Waals surface area contributed by atoms with Crippen molar-refractivity contribution in [1.82, 2.24) is 0 Å². The Balaban J connectivity index is 1.46. The van der Waals surface area contributed by atoms with Gasteiger partial charge in [-0.15, -0.1) is 0 Å². The van der Waals surface area contributed by atoms with Crippen LogP contribution in [0.3, 0.4) is 0 Å². The van der Waals surface area contributed by atoms with E-state index in [-0.39, 0.29) is 29.4 Å². The lowest BCUT2D eigenvalue weighted by atomic mass is 9.85. The second kappa shape index (κ2) is 10.4. The molecule has 1 saturated carbocycles. The molecule has 0 N–H and O–H groups in total. The number of methoxy groups -OCH3 is 2. The van der Waals surface area contributed by atoms with Gasteiger partial charge in [0, 0.05) is 17.4 Å². The number of Topliss-reactive ketones (excluding diaryl/α,β-unsaturated/α-hetero) is 1. The SMILES string of the molecule is CCOc1ccc(C(C)=O)cc1N1C(=O)[C@@H]2[C@H](C1=O)[C@H]1C=C[C@H]2C1=C(c1ccc(OC)cc1)c1ccc(OC)cc1. The quantitative estimate of drug-likeness (QED) is 0.203. The fourth-order valence-corrected chi connectivity index (χ4v) is 6.54. The van der Waals surface area contributed by atoms with Gasteiger partial charge in [-0.25, -0.2) is 4.90 Å². The molecule has 4 atom stereocenters. The maximum absolute atomic E-state index is 14.1. The van der Waals surface area contributed by atoms with Crippen molar-refractivity contribution in [3.05, 3.63) is 101 Å². The van der Waals surface area contributed by atoms with Gasteiger partial charge in [-0.05, 0) is 78.6 Å². The molecule has 0 aromatic heterocycles. The molecule has 3 aromatic carbocycles. The number of nitrogens with zero attached hydrogens (tertiary/aromatic N) is 1. The van der Waals surface area contributed by atoms with Crippen LogP contribution in [0.4, 0.5) is 5.69 Å². The highest BCUT2D eigenvalue weighted by Crippen LogP contribution is 2.59. The van der Waals surface area contributed by atoms with Crippen LogP contribution in [0.1, 0.15) is 35.3 Å². The number of rotatable bonds is 8. The Labute approximate surface area is 239 Å². The van der Waals surface area contributed by atoms with E-state index in [1.54, 1.807) is 32.4 Å². The monoisotopic (exact) mass is 549 g/mol. The highest BCUT2D eigenvalue weighted by atomic mass is 16.5. The number of benzene rings is 3. The molecule has 0 spiro atoms. The molecule has 2 fully saturated rings. The van der Waals surface area contributed by atoms with Crippen LogP contribution in [0.2, 0.25) is 0 Å². The third kappa shape index (κ3) is 4.24. The van der Waals surface area contributed by atoms with Crippen molar-refractivity contribution in [2.75, 3.05) is 25.7 Å². The zero-order valence-corrected chi connectivity index (χ0v) is 23.4. The maximum atomic E-state index is 14.1. The summed E-state index contributed by atoms with van der Waals surface area (Å²) in [4.78, 5) is 41.6. The van der Waals surface area contributed by atoms with E-state index < -0.39 is 11.8 Å². The lowest BCUT2D eigenvalue weighted by molar-refractivity contribution is -0.123. The minimum absolute atomic E-state index is 0.149. The van der Waals surface area contributed by atoms with E-state index in [0.29, 0.717) is 23.6 Å². The summed E-state index contributed by atoms with van der Waals surface area (Å²) in [5.41, 5.74) is 4.79. The summed E-state index contributed by atoms with van der Waals surface area (Å²) in [6, 6.07) is 20.6. The molecule has 0 unspecified atom stereocenters. The normalized spacial score (nSPS) is 22.2. The van der Waals surface area contributed by atoms with Crippen LogP contribution >= 0.6 is 0 Å². The molecule has 2 aliphatic carbocycles. The number of fused-ring (bicyclic) bond motifs is 5. The molecule has 2 amide bonds. The van der Waals surface area contributed by atoms with Gasteiger partial charge in [0.25, 0.3) is 0 Å². The Bertz CT molecular complexity index is 1520. The van der Waals surface area contributed by atoms with E-state index in [2.05, 4.69) is 12.2 Å². The van der Waals surface area contributed by atoms with Crippen LogP contribution < -0.4 is 19.1 Å². The fraction of sp³-hybridized carbons (Fsp3) is 0.265. The highest BCUT2D eigenvalue weighted by Gasteiger charge is 2.62. The first-order chi connectivity index (χ1) is 19.9. The van der Waals surface area contributed by atoms with Crippen molar-refractivity contribution in [3.63, 3.8) is 0 Å². The Morgan fingerprint density at radius 3 is 1.68 bits per heavy atom. The van der Waals surface area contributed by atoms with Crippen molar-refractivity contribution >= 4 is 28.9 Å². The Kier molecular flexibility index (Phi) is 6.73. The molecule has 0 radical (unpaired) electrons. The second-order valence-electron chi connectivity index (χ2n) is 10.5. The number of amides is 2. The Morgan fingerprint density at radius 1 is 0.756 bits per heavy atom. The van der Waals surface area contributed by atoms with Gasteiger partial charge in [-0.1, -0.05) is 36.4 Å². The molecule has 1 heterocycles. The van der Waals surface area contributed by atoms with E-state index >= 15 is 0 Å². The average molecular weight is 550 g/mol. The third-order valence-electron chi connectivity index (χ3n) is 8.37. The third-order valence-corrected chi connectivity index (χ3v) is 8.37. The zero-order valence-electron chi connectivity index (χ0n) is 23.4. The van der Waals surface area contributed by atoms with Gasteiger partial charge >= 0.3 is 0 Å². The molecule has 1 saturated heterocycles. The smallest absolute Gasteiger partial charge is 0.238 e. The number of carbonyl (C=O) groups excluding carboxylic acids is 3. The summed E-state index contributed by atoms with van der Waals surface area (Å²) in [6.45, 7) is 3.66. The molecule has 41 heavy (non-hydrogen) atoms. The van der Waals surface area contributed by atoms with Crippen LogP contribution in [0.5, 0.6) is 17.2 Å². The molecule has 2 bridgehead atoms. The fourth-order valence-electron chi connectivity index (χ4n) is 6.54. The van der Waals surface area contributed by atoms with Gasteiger partial charge in [0.15, 0.2) is 5.78 Å². The molecule has 3 aromatic rings. The number of anilines is 1. The predicted molar refractivity (Wildman–Crippen MR) is 155 cm³/mol. The summed E-state index contributed by atoms with van der Waals surface area (Å²) in [5.74, 6) is -0.318. The van der Waals surface area contributed by atoms with Gasteiger partial charge in [0.05, 0.1) is 38.3 Å². The lowest BCUT2D eigenvalue weighted by Crippen LogP contribution is -2.34. The number of hydrogen-bond acceptors (Lipinski definition) is 6. The van der Waals surface area contributed by atoms with E-state index in [9.17, 15) is 14.4 Å². The van der Waals surface area contributed by atoms with Crippen molar-refractivity contribution < 1.29 is 28.6 Å². The molecule has 6 rings (SSSR count). The van der Waals surface area contributed by atoms with Crippen LogP contribution in [0.15, 0.2) is 84.5 Å². The van der Waals surface area contributed by atoms with Crippen LogP contribution in [0, 0.1) is 23.7 Å². The lowest BCUT2D eigenvalue weighted by Gasteiger charge is -2.23. The summed E-state index contributed by atoms with van der Waals surface area (Å²) < 4.78 is 16.6. The standard InChI is InChI=1S/C34H31NO6/c1-5-41-28-17-10-22(19(2)36)18-27(28)35-33(37)31-25-15-16-26(32(31)34(35)38)30(25)29(20-6-11-23(39-3)12-7-20)21-8-13-24(40-4)14-9-21/h6-18,25-26,31-32H,5H2,1-4H3/t25-,26-,31-,32+/m0/s1. The summed E-state index contributed by atoms with van der Waals surface area (Å²) in [5, 5.41) is 0. The first kappa shape index (κ1) is 26.6. The number of carbonyl (C=O) groups is 3. The summed E-state index contributed by atoms with van der Waals surface area (Å²) in [7, 11) is 3.26. The Morgan fingerprint density at radius 2 is 1.24 bits per heavy atom. The molecule has 7 nitrogen and oxygen atoms in total. The molecule has 7 heteroatoms. The van der Waals surface area contributed by atoms with Crippen molar-refractivity contribution in [2.24, 2.45) is 23.7 Å². The zero-order chi connectivity index (χ0) is 28.8. The van der Waals surface area contributed by atoms with Crippen molar-refractivity contribution in [1.29, 1.82) is 0 Å². The number of ether oxygens (including phenoxy) is 3. The minimum Gasteiger partial charge on any atom is -0.497 e. The maximum Gasteiger partial charge on any atom is 0.238 e. The minimum atomic E-state index is -0.533. The second-order valence-corrected chi connectivity index (χ2v) is 10.5. The van der Waals surface area contributed by atoms with Gasteiger partial charge in [0.2, 0.25) is 11.8 Å². The predicted octanol–water partition coefficient (Wildman–Crippen LogP) is 5.73. The molecular weight excluding hydrogens is 518 g/mol. The van der Waals surface area contributed by atoms with Crippen LogP contribution in [-0.2, 0) is 9.59 Å². The van der Waals surface area contributed by atoms with E-state index in [1.807, 2.05) is 55.5 Å². The molecule has 3 aliphatic rings. The summed E-state index contributed by atoms with van der Waals surface area (Å²) in [6.07, 6.45) is 4.14. The first-order valence-electron chi connectivity index (χ1n) is 13.7. The van der Waals surface area contributed by atoms with Gasteiger partial charge in [0.1, 0.15) is 17.2 Å². The van der Waals surface area contributed by atoms with E-state index in [0.717, 1.165) is 33.8 Å². The number of allylic oxidation sites excluding steroid dienone is 3. The van der Waals surface area contributed by atoms with Gasteiger partial charge < -0.3 is 14.2 Å². The number of ketones is 1. The first-order valence-corrected chi connectivity index (χ1v) is 13.7.